The summed E-state index contributed by atoms with van der Waals surface area (Å²) in [7, 11) is -1.03. The van der Waals surface area contributed by atoms with Gasteiger partial charge in [-0.3, -0.25) is 0 Å². The molecular weight excluding hydrogens is 335 g/mol. The molecule has 0 atom stereocenters. The molecule has 0 amide bonds. The fraction of sp³-hybridized carbons (Fsp3) is 0.739. The van der Waals surface area contributed by atoms with E-state index in [9.17, 15) is 10.1 Å². The van der Waals surface area contributed by atoms with Crippen LogP contribution in [0.1, 0.15) is 97.5 Å². The van der Waals surface area contributed by atoms with Gasteiger partial charge in [0.1, 0.15) is 0 Å². The molecule has 1 aromatic rings. The van der Waals surface area contributed by atoms with Crippen molar-refractivity contribution >= 4 is 12.6 Å². The van der Waals surface area contributed by atoms with Crippen LogP contribution < -0.4 is 5.46 Å². The number of unbranched alkanes of at least 4 members (excludes halogenated alkanes) is 2. The van der Waals surface area contributed by atoms with Crippen LogP contribution in [0.3, 0.4) is 0 Å². The average Bonchev–Trinajstić information content (AvgIpc) is 2.61. The van der Waals surface area contributed by atoms with E-state index in [2.05, 4.69) is 19.1 Å². The van der Waals surface area contributed by atoms with Crippen molar-refractivity contribution in [3.63, 3.8) is 0 Å². The van der Waals surface area contributed by atoms with E-state index < -0.39 is 18.3 Å². The van der Waals surface area contributed by atoms with E-state index in [1.165, 1.54) is 56.9 Å². The average molecular weight is 374 g/mol. The highest BCUT2D eigenvalue weighted by Crippen LogP contribution is 2.37. The van der Waals surface area contributed by atoms with Gasteiger partial charge in [-0.15, -0.1) is 0 Å². The molecule has 1 saturated carbocycles. The highest BCUT2D eigenvalue weighted by Gasteiger charge is 2.39. The van der Waals surface area contributed by atoms with Gasteiger partial charge in [0.25, 0.3) is 0 Å². The Morgan fingerprint density at radius 2 is 1.59 bits per heavy atom. The van der Waals surface area contributed by atoms with Crippen molar-refractivity contribution in [1.82, 2.24) is 0 Å². The Morgan fingerprint density at radius 3 is 2.11 bits per heavy atom. The molecule has 1 fully saturated rings. The van der Waals surface area contributed by atoms with Crippen molar-refractivity contribution in [2.45, 2.75) is 103 Å². The van der Waals surface area contributed by atoms with Gasteiger partial charge < -0.3 is 14.8 Å². The maximum atomic E-state index is 10.4. The summed E-state index contributed by atoms with van der Waals surface area (Å²) >= 11 is 0. The summed E-state index contributed by atoms with van der Waals surface area (Å²) in [5, 5.41) is 20.6. The lowest BCUT2D eigenvalue weighted by Crippen LogP contribution is -2.53. The monoisotopic (exact) mass is 374 g/mol. The van der Waals surface area contributed by atoms with Crippen LogP contribution in [0.25, 0.3) is 0 Å². The maximum Gasteiger partial charge on any atom is 0.491 e. The fourth-order valence-corrected chi connectivity index (χ4v) is 3.89. The minimum absolute atomic E-state index is 0.646. The van der Waals surface area contributed by atoms with Gasteiger partial charge in [-0.05, 0) is 76.2 Å². The van der Waals surface area contributed by atoms with Gasteiger partial charge in [-0.25, -0.2) is 0 Å². The third-order valence-electron chi connectivity index (χ3n) is 6.64. The molecule has 0 heterocycles. The smallest absolute Gasteiger partial charge is 0.423 e. The maximum absolute atomic E-state index is 10.4. The SMILES string of the molecule is CCCCCC1CCC(c2ccc(B(O)OC(C)(C)C(C)(C)O)cc2)CC1. The number of rotatable bonds is 9. The Labute approximate surface area is 166 Å². The van der Waals surface area contributed by atoms with E-state index in [1.54, 1.807) is 27.7 Å². The minimum Gasteiger partial charge on any atom is -0.423 e. The Hall–Kier alpha value is -0.835. The summed E-state index contributed by atoms with van der Waals surface area (Å²) in [6, 6.07) is 8.21. The van der Waals surface area contributed by atoms with Crippen LogP contribution in [-0.2, 0) is 4.65 Å². The molecule has 0 radical (unpaired) electrons. The molecule has 0 spiro atoms. The zero-order chi connectivity index (χ0) is 20.1. The Morgan fingerprint density at radius 1 is 1.00 bits per heavy atom. The van der Waals surface area contributed by atoms with Gasteiger partial charge in [0.15, 0.2) is 0 Å². The van der Waals surface area contributed by atoms with E-state index in [-0.39, 0.29) is 0 Å². The number of aliphatic hydroxyl groups is 1. The van der Waals surface area contributed by atoms with Crippen LogP contribution in [0.15, 0.2) is 24.3 Å². The highest BCUT2D eigenvalue weighted by atomic mass is 16.5. The molecule has 3 nitrogen and oxygen atoms in total. The van der Waals surface area contributed by atoms with Gasteiger partial charge >= 0.3 is 7.12 Å². The predicted octanol–water partition coefficient (Wildman–Crippen LogP) is 4.79. The van der Waals surface area contributed by atoms with E-state index in [4.69, 9.17) is 4.65 Å². The first-order chi connectivity index (χ1) is 12.6. The second-order valence-electron chi connectivity index (χ2n) is 9.42. The third kappa shape index (κ3) is 6.34. The molecule has 27 heavy (non-hydrogen) atoms. The molecule has 0 unspecified atom stereocenters. The molecule has 1 aromatic carbocycles. The lowest BCUT2D eigenvalue weighted by atomic mass is 9.74. The Kier molecular flexibility index (Phi) is 7.97. The van der Waals surface area contributed by atoms with Gasteiger partial charge in [-0.1, -0.05) is 56.9 Å². The van der Waals surface area contributed by atoms with E-state index in [0.717, 1.165) is 11.4 Å². The minimum atomic E-state index is -1.04. The lowest BCUT2D eigenvalue weighted by molar-refractivity contribution is -0.0982. The number of benzene rings is 1. The Balaban J connectivity index is 1.88. The first-order valence-electron chi connectivity index (χ1n) is 10.8. The molecule has 0 bridgehead atoms. The molecular formula is C23H39BO3. The molecule has 4 heteroatoms. The summed E-state index contributed by atoms with van der Waals surface area (Å²) in [5.74, 6) is 1.57. The molecule has 1 aliphatic carbocycles. The summed E-state index contributed by atoms with van der Waals surface area (Å²) in [6.07, 6.45) is 10.7. The van der Waals surface area contributed by atoms with Crippen molar-refractivity contribution in [3.05, 3.63) is 29.8 Å². The first-order valence-corrected chi connectivity index (χ1v) is 10.8. The first kappa shape index (κ1) is 22.5. The van der Waals surface area contributed by atoms with Gasteiger partial charge in [0, 0.05) is 0 Å². The fourth-order valence-electron chi connectivity index (χ4n) is 3.89. The second kappa shape index (κ2) is 9.58. The number of hydrogen-bond acceptors (Lipinski definition) is 3. The van der Waals surface area contributed by atoms with Crippen LogP contribution in [0, 0.1) is 5.92 Å². The topological polar surface area (TPSA) is 49.7 Å². The summed E-state index contributed by atoms with van der Waals surface area (Å²) < 4.78 is 5.74. The highest BCUT2D eigenvalue weighted by molar-refractivity contribution is 6.60. The van der Waals surface area contributed by atoms with Gasteiger partial charge in [0.05, 0.1) is 11.2 Å². The van der Waals surface area contributed by atoms with Crippen molar-refractivity contribution < 1.29 is 14.8 Å². The van der Waals surface area contributed by atoms with Crippen molar-refractivity contribution in [3.8, 4) is 0 Å². The standard InChI is InChI=1S/C23H39BO3/c1-6-7-8-9-18-10-12-19(13-11-18)20-14-16-21(17-15-20)24(26)27-23(4,5)22(2,3)25/h14-19,25-26H,6-13H2,1-5H3. The van der Waals surface area contributed by atoms with E-state index >= 15 is 0 Å². The molecule has 0 saturated heterocycles. The van der Waals surface area contributed by atoms with Crippen molar-refractivity contribution in [1.29, 1.82) is 0 Å². The van der Waals surface area contributed by atoms with E-state index in [0.29, 0.717) is 5.92 Å². The molecule has 0 aromatic heterocycles. The van der Waals surface area contributed by atoms with Gasteiger partial charge in [-0.2, -0.15) is 0 Å². The quantitative estimate of drug-likeness (QED) is 0.482. The van der Waals surface area contributed by atoms with Crippen LogP contribution in [0.4, 0.5) is 0 Å². The summed E-state index contributed by atoms with van der Waals surface area (Å²) in [6.45, 7) is 9.25. The zero-order valence-electron chi connectivity index (χ0n) is 18.0. The normalized spacial score (nSPS) is 21.3. The van der Waals surface area contributed by atoms with Crippen LogP contribution in [-0.4, -0.2) is 28.5 Å². The zero-order valence-corrected chi connectivity index (χ0v) is 18.0. The van der Waals surface area contributed by atoms with Crippen molar-refractivity contribution in [2.24, 2.45) is 5.92 Å². The molecule has 2 N–H and O–H groups in total. The summed E-state index contributed by atoms with van der Waals surface area (Å²) in [5.41, 5.74) is 0.231. The third-order valence-corrected chi connectivity index (χ3v) is 6.64. The lowest BCUT2D eigenvalue weighted by Gasteiger charge is -2.38. The summed E-state index contributed by atoms with van der Waals surface area (Å²) in [4.78, 5) is 0. The number of hydrogen-bond donors (Lipinski definition) is 2. The van der Waals surface area contributed by atoms with Gasteiger partial charge in [0.2, 0.25) is 0 Å². The Bertz CT molecular complexity index is 554. The molecule has 152 valence electrons. The second-order valence-corrected chi connectivity index (χ2v) is 9.42. The van der Waals surface area contributed by atoms with Crippen LogP contribution in [0.2, 0.25) is 0 Å². The largest absolute Gasteiger partial charge is 0.491 e. The molecule has 2 rings (SSSR count). The molecule has 0 aliphatic heterocycles. The molecule has 1 aliphatic rings. The van der Waals surface area contributed by atoms with Crippen LogP contribution in [0.5, 0.6) is 0 Å². The van der Waals surface area contributed by atoms with Crippen LogP contribution >= 0.6 is 0 Å². The van der Waals surface area contributed by atoms with Crippen molar-refractivity contribution in [2.75, 3.05) is 0 Å². The predicted molar refractivity (Wildman–Crippen MR) is 114 cm³/mol. The van der Waals surface area contributed by atoms with E-state index in [1.807, 2.05) is 12.1 Å².